The van der Waals surface area contributed by atoms with E-state index in [0.717, 1.165) is 57.5 Å². The Morgan fingerprint density at radius 3 is 1.21 bits per heavy atom. The van der Waals surface area contributed by atoms with E-state index >= 15 is 0 Å². The Balaban J connectivity index is 3.89. The number of halogens is 1. The van der Waals surface area contributed by atoms with Crippen molar-refractivity contribution < 1.29 is 4.32 Å². The first-order valence-corrected chi connectivity index (χ1v) is 6.56. The van der Waals surface area contributed by atoms with Crippen LogP contribution in [-0.4, -0.2) is 6.42 Å². The van der Waals surface area contributed by atoms with Gasteiger partial charge in [0.25, 0.3) is 0 Å². The number of rotatable bonds is 9. The van der Waals surface area contributed by atoms with Crippen LogP contribution in [-0.2, 0) is 0 Å². The van der Waals surface area contributed by atoms with Gasteiger partial charge in [-0.2, -0.15) is 0 Å². The van der Waals surface area contributed by atoms with E-state index in [1.807, 2.05) is 0 Å². The smallest absolute Gasteiger partial charge is 0.156 e. The monoisotopic (exact) mass is 201 g/mol. The molecule has 0 aliphatic carbocycles. The van der Waals surface area contributed by atoms with Crippen LogP contribution in [0.4, 0.5) is 4.32 Å². The second-order valence-corrected chi connectivity index (χ2v) is 4.76. The van der Waals surface area contributed by atoms with E-state index in [1.54, 1.807) is 0 Å². The summed E-state index contributed by atoms with van der Waals surface area (Å²) in [4.78, 5) is 0. The first-order chi connectivity index (χ1) is 6.68. The molecule has 0 heterocycles. The van der Waals surface area contributed by atoms with Crippen molar-refractivity contribution in [2.45, 2.75) is 78.3 Å². The summed E-state index contributed by atoms with van der Waals surface area (Å²) >= 11 is 0. The fraction of sp³-hybridized carbons (Fsp3) is 1.00. The molecule has 0 N–H and O–H groups in total. The summed E-state index contributed by atoms with van der Waals surface area (Å²) in [5, 5.41) is 0. The lowest BCUT2D eigenvalue weighted by Crippen LogP contribution is -2.27. The van der Waals surface area contributed by atoms with Crippen LogP contribution in [0.3, 0.4) is 0 Å². The van der Waals surface area contributed by atoms with Gasteiger partial charge in [0.2, 0.25) is 0 Å². The van der Waals surface area contributed by atoms with Crippen LogP contribution >= 0.6 is 0 Å². The van der Waals surface area contributed by atoms with Crippen LogP contribution in [0.2, 0.25) is 19.0 Å². The molecule has 0 aromatic heterocycles. The number of unbranched alkanes of at least 4 members (excludes halogenated alkanes) is 3. The van der Waals surface area contributed by atoms with Crippen LogP contribution in [0.25, 0.3) is 0 Å². The Bertz CT molecular complexity index is 104. The zero-order chi connectivity index (χ0) is 10.9. The van der Waals surface area contributed by atoms with E-state index in [0.29, 0.717) is 0 Å². The van der Waals surface area contributed by atoms with Crippen LogP contribution in [0, 0.1) is 0 Å². The van der Waals surface area contributed by atoms with Crippen LogP contribution in [0.15, 0.2) is 0 Å². The molecule has 0 unspecified atom stereocenters. The maximum Gasteiger partial charge on any atom is 0.156 e. The van der Waals surface area contributed by atoms with Crippen LogP contribution < -0.4 is 0 Å². The zero-order valence-electron chi connectivity index (χ0n) is 10.3. The van der Waals surface area contributed by atoms with Gasteiger partial charge in [0.15, 0.2) is 6.42 Å². The van der Waals surface area contributed by atoms with Crippen LogP contribution in [0.5, 0.6) is 0 Å². The van der Waals surface area contributed by atoms with E-state index in [-0.39, 0.29) is 0 Å². The van der Waals surface area contributed by atoms with E-state index in [1.165, 1.54) is 0 Å². The summed E-state index contributed by atoms with van der Waals surface area (Å²) in [6.45, 7) is 6.45. The van der Waals surface area contributed by atoms with Crippen molar-refractivity contribution >= 4 is 6.42 Å². The van der Waals surface area contributed by atoms with Crippen molar-refractivity contribution in [3.8, 4) is 0 Å². The third-order valence-electron chi connectivity index (χ3n) is 3.23. The van der Waals surface area contributed by atoms with Crippen molar-refractivity contribution in [2.75, 3.05) is 0 Å². The molecular weight excluding hydrogens is 174 g/mol. The molecule has 0 bridgehead atoms. The maximum atomic E-state index is 14.4. The quantitative estimate of drug-likeness (QED) is 0.444. The standard InChI is InChI=1S/C12H27BF/c1-4-7-10-13(14,11-8-5-2)12-9-6-3/h4-12H2,1-3H3/q-1. The van der Waals surface area contributed by atoms with Crippen molar-refractivity contribution in [1.82, 2.24) is 0 Å². The lowest BCUT2D eigenvalue weighted by atomic mass is 9.35. The molecule has 2 heteroatoms. The van der Waals surface area contributed by atoms with Gasteiger partial charge in [-0.1, -0.05) is 59.3 Å². The second kappa shape index (κ2) is 8.32. The number of hydrogen-bond acceptors (Lipinski definition) is 0. The highest BCUT2D eigenvalue weighted by Gasteiger charge is 2.21. The second-order valence-electron chi connectivity index (χ2n) is 4.76. The molecule has 0 aromatic carbocycles. The Hall–Kier alpha value is -0.00506. The van der Waals surface area contributed by atoms with Crippen molar-refractivity contribution in [3.05, 3.63) is 0 Å². The van der Waals surface area contributed by atoms with Crippen molar-refractivity contribution in [3.63, 3.8) is 0 Å². The first kappa shape index (κ1) is 14.0. The van der Waals surface area contributed by atoms with Gasteiger partial charge in [0.05, 0.1) is 0 Å². The van der Waals surface area contributed by atoms with E-state index < -0.39 is 6.42 Å². The molecule has 0 spiro atoms. The molecule has 0 aliphatic heterocycles. The summed E-state index contributed by atoms with van der Waals surface area (Å²) in [5.41, 5.74) is 0. The molecule has 14 heavy (non-hydrogen) atoms. The average molecular weight is 201 g/mol. The van der Waals surface area contributed by atoms with Gasteiger partial charge in [-0.3, -0.25) is 0 Å². The van der Waals surface area contributed by atoms with Gasteiger partial charge < -0.3 is 4.32 Å². The van der Waals surface area contributed by atoms with Gasteiger partial charge in [-0.05, 0) is 0 Å². The zero-order valence-corrected chi connectivity index (χ0v) is 10.3. The molecule has 0 radical (unpaired) electrons. The van der Waals surface area contributed by atoms with Gasteiger partial charge in [-0.25, -0.2) is 0 Å². The molecule has 0 saturated heterocycles. The topological polar surface area (TPSA) is 0 Å². The average Bonchev–Trinajstić information content (AvgIpc) is 2.21. The molecule has 0 aromatic rings. The largest absolute Gasteiger partial charge is 0.517 e. The van der Waals surface area contributed by atoms with E-state index in [9.17, 15) is 4.32 Å². The molecule has 0 fully saturated rings. The minimum atomic E-state index is -1.51. The SMILES string of the molecule is CCCC[B-](F)(CCCC)CCCC. The van der Waals surface area contributed by atoms with Crippen LogP contribution in [0.1, 0.15) is 59.3 Å². The van der Waals surface area contributed by atoms with Gasteiger partial charge in [0.1, 0.15) is 0 Å². The fourth-order valence-corrected chi connectivity index (χ4v) is 2.14. The lowest BCUT2D eigenvalue weighted by Gasteiger charge is -2.31. The fourth-order valence-electron chi connectivity index (χ4n) is 2.14. The van der Waals surface area contributed by atoms with E-state index in [2.05, 4.69) is 20.8 Å². The van der Waals surface area contributed by atoms with E-state index in [4.69, 9.17) is 0 Å². The highest BCUT2D eigenvalue weighted by Crippen LogP contribution is 2.29. The third kappa shape index (κ3) is 6.45. The molecule has 0 aliphatic rings. The minimum Gasteiger partial charge on any atom is -0.517 e. The molecule has 0 amide bonds. The molecular formula is C12H27BF-. The predicted molar refractivity (Wildman–Crippen MR) is 66.0 cm³/mol. The lowest BCUT2D eigenvalue weighted by molar-refractivity contribution is 0.672. The normalized spacial score (nSPS) is 12.0. The minimum absolute atomic E-state index is 0.844. The Morgan fingerprint density at radius 2 is 1.00 bits per heavy atom. The number of hydrogen-bond donors (Lipinski definition) is 0. The van der Waals surface area contributed by atoms with Gasteiger partial charge in [0, 0.05) is 0 Å². The highest BCUT2D eigenvalue weighted by molar-refractivity contribution is 6.73. The highest BCUT2D eigenvalue weighted by atomic mass is 19.1. The molecule has 86 valence electrons. The maximum absolute atomic E-state index is 14.4. The molecule has 0 nitrogen and oxygen atoms in total. The van der Waals surface area contributed by atoms with Crippen molar-refractivity contribution in [1.29, 1.82) is 0 Å². The summed E-state index contributed by atoms with van der Waals surface area (Å²) in [6.07, 6.45) is 7.64. The summed E-state index contributed by atoms with van der Waals surface area (Å²) in [5.74, 6) is 0. The Kier molecular flexibility index (Phi) is 8.31. The third-order valence-corrected chi connectivity index (χ3v) is 3.23. The molecule has 0 saturated carbocycles. The predicted octanol–water partition coefficient (Wildman–Crippen LogP) is 5.30. The van der Waals surface area contributed by atoms with Crippen molar-refractivity contribution in [2.24, 2.45) is 0 Å². The first-order valence-electron chi connectivity index (χ1n) is 6.56. The summed E-state index contributed by atoms with van der Waals surface area (Å²) < 4.78 is 14.4. The Morgan fingerprint density at radius 1 is 0.714 bits per heavy atom. The Labute approximate surface area is 89.6 Å². The summed E-state index contributed by atoms with van der Waals surface area (Å²) in [7, 11) is 0. The summed E-state index contributed by atoms with van der Waals surface area (Å²) in [6, 6.07) is 0. The van der Waals surface area contributed by atoms with Gasteiger partial charge in [-0.15, -0.1) is 19.0 Å². The molecule has 0 atom stereocenters. The molecule has 0 rings (SSSR count). The van der Waals surface area contributed by atoms with Gasteiger partial charge >= 0.3 is 0 Å².